The molecular weight excluding hydrogens is 316 g/mol. The zero-order valence-corrected chi connectivity index (χ0v) is 13.1. The zero-order valence-electron chi connectivity index (χ0n) is 11.6. The second kappa shape index (κ2) is 7.56. The fourth-order valence-electron chi connectivity index (χ4n) is 2.28. The smallest absolute Gasteiger partial charge is 0.264 e. The summed E-state index contributed by atoms with van der Waals surface area (Å²) in [7, 11) is -4.03. The molecule has 0 radical (unpaired) electrons. The van der Waals surface area contributed by atoms with Crippen LogP contribution in [0.15, 0.2) is 24.3 Å². The molecule has 21 heavy (non-hydrogen) atoms. The van der Waals surface area contributed by atoms with Gasteiger partial charge >= 0.3 is 0 Å². The van der Waals surface area contributed by atoms with E-state index in [4.69, 9.17) is 25.6 Å². The van der Waals surface area contributed by atoms with Gasteiger partial charge in [-0.1, -0.05) is 23.7 Å². The molecule has 1 fully saturated rings. The average molecular weight is 335 g/mol. The molecule has 1 saturated heterocycles. The lowest BCUT2D eigenvalue weighted by atomic mass is 10.1. The lowest BCUT2D eigenvalue weighted by Crippen LogP contribution is -2.25. The predicted octanol–water partition coefficient (Wildman–Crippen LogP) is 3.20. The number of hydrogen-bond donors (Lipinski definition) is 1. The topological polar surface area (TPSA) is 72.8 Å². The molecule has 1 aromatic rings. The summed E-state index contributed by atoms with van der Waals surface area (Å²) in [6.07, 6.45) is 2.14. The van der Waals surface area contributed by atoms with Crippen LogP contribution in [-0.4, -0.2) is 31.6 Å². The highest BCUT2D eigenvalue weighted by atomic mass is 35.5. The van der Waals surface area contributed by atoms with E-state index >= 15 is 0 Å². The van der Waals surface area contributed by atoms with E-state index in [2.05, 4.69) is 0 Å². The Hall–Kier alpha value is -0.660. The lowest BCUT2D eigenvalue weighted by Gasteiger charge is -2.28. The van der Waals surface area contributed by atoms with E-state index in [1.807, 2.05) is 6.07 Å². The second-order valence-electron chi connectivity index (χ2n) is 5.05. The Bertz CT molecular complexity index is 554. The third kappa shape index (κ3) is 5.92. The number of halogens is 1. The molecule has 0 aliphatic carbocycles. The highest BCUT2D eigenvalue weighted by Gasteiger charge is 2.23. The summed E-state index contributed by atoms with van der Waals surface area (Å²) in [5.74, 6) is -0.364. The molecule has 2 atom stereocenters. The number of benzene rings is 1. The molecule has 1 heterocycles. The molecule has 5 nitrogen and oxygen atoms in total. The molecule has 0 saturated carbocycles. The Balaban J connectivity index is 2.09. The van der Waals surface area contributed by atoms with Crippen molar-refractivity contribution in [2.24, 2.45) is 0 Å². The first-order valence-electron chi connectivity index (χ1n) is 6.92. The molecule has 7 heteroatoms. The fraction of sp³-hybridized carbons (Fsp3) is 0.571. The van der Waals surface area contributed by atoms with E-state index in [1.165, 1.54) is 0 Å². The van der Waals surface area contributed by atoms with Gasteiger partial charge in [0, 0.05) is 11.6 Å². The van der Waals surface area contributed by atoms with Crippen LogP contribution in [0.1, 0.15) is 37.4 Å². The van der Waals surface area contributed by atoms with Gasteiger partial charge < -0.3 is 9.47 Å². The Morgan fingerprint density at radius 3 is 2.86 bits per heavy atom. The largest absolute Gasteiger partial charge is 0.353 e. The van der Waals surface area contributed by atoms with Gasteiger partial charge in [-0.3, -0.25) is 4.55 Å². The molecule has 1 unspecified atom stereocenters. The van der Waals surface area contributed by atoms with Gasteiger partial charge in [0.25, 0.3) is 10.1 Å². The second-order valence-corrected chi connectivity index (χ2v) is 7.06. The van der Waals surface area contributed by atoms with Crippen molar-refractivity contribution in [1.29, 1.82) is 0 Å². The molecule has 1 aromatic carbocycles. The summed E-state index contributed by atoms with van der Waals surface area (Å²) in [5.41, 5.74) is 0.778. The Morgan fingerprint density at radius 1 is 1.43 bits per heavy atom. The minimum atomic E-state index is -4.03. The highest BCUT2D eigenvalue weighted by molar-refractivity contribution is 7.85. The van der Waals surface area contributed by atoms with Crippen LogP contribution in [0, 0.1) is 0 Å². The monoisotopic (exact) mass is 334 g/mol. The summed E-state index contributed by atoms with van der Waals surface area (Å²) in [4.78, 5) is 0. The third-order valence-corrected chi connectivity index (χ3v) is 4.30. The number of rotatable bonds is 6. The molecule has 1 N–H and O–H groups in total. The van der Waals surface area contributed by atoms with Crippen molar-refractivity contribution in [3.8, 4) is 0 Å². The van der Waals surface area contributed by atoms with E-state index in [0.29, 0.717) is 11.6 Å². The maximum atomic E-state index is 11.0. The van der Waals surface area contributed by atoms with Crippen molar-refractivity contribution >= 4 is 21.7 Å². The Kier molecular flexibility index (Phi) is 6.01. The molecule has 0 bridgehead atoms. The minimum Gasteiger partial charge on any atom is -0.353 e. The SMILES string of the molecule is O=S(=O)(O)CCC(O[C@@H]1CCCCO1)c1cccc(Cl)c1. The molecular formula is C14H19ClO5S. The average Bonchev–Trinajstić information content (AvgIpc) is 2.43. The van der Waals surface area contributed by atoms with Crippen LogP contribution in [0.3, 0.4) is 0 Å². The van der Waals surface area contributed by atoms with Gasteiger partial charge in [0.1, 0.15) is 0 Å². The van der Waals surface area contributed by atoms with Crippen LogP contribution in [-0.2, 0) is 19.6 Å². The van der Waals surface area contributed by atoms with Gasteiger partial charge in [-0.15, -0.1) is 0 Å². The van der Waals surface area contributed by atoms with Crippen LogP contribution in [0.4, 0.5) is 0 Å². The number of hydrogen-bond acceptors (Lipinski definition) is 4. The first kappa shape index (κ1) is 16.7. The van der Waals surface area contributed by atoms with Gasteiger partial charge in [0.15, 0.2) is 6.29 Å². The Morgan fingerprint density at radius 2 is 2.24 bits per heavy atom. The maximum Gasteiger partial charge on any atom is 0.264 e. The molecule has 0 aromatic heterocycles. The highest BCUT2D eigenvalue weighted by Crippen LogP contribution is 2.28. The Labute approximate surface area is 130 Å². The number of ether oxygens (including phenoxy) is 2. The summed E-state index contributed by atoms with van der Waals surface area (Å²) in [6.45, 7) is 0.644. The van der Waals surface area contributed by atoms with E-state index in [-0.39, 0.29) is 18.5 Å². The van der Waals surface area contributed by atoms with Gasteiger partial charge in [0.2, 0.25) is 0 Å². The molecule has 0 spiro atoms. The van der Waals surface area contributed by atoms with Crippen molar-refractivity contribution in [1.82, 2.24) is 0 Å². The summed E-state index contributed by atoms with van der Waals surface area (Å²) < 4.78 is 42.3. The summed E-state index contributed by atoms with van der Waals surface area (Å²) in [5, 5.41) is 0.553. The summed E-state index contributed by atoms with van der Waals surface area (Å²) in [6, 6.07) is 7.08. The summed E-state index contributed by atoms with van der Waals surface area (Å²) >= 11 is 5.97. The van der Waals surface area contributed by atoms with Crippen LogP contribution in [0.5, 0.6) is 0 Å². The first-order valence-corrected chi connectivity index (χ1v) is 8.90. The molecule has 1 aliphatic rings. The van der Waals surface area contributed by atoms with Crippen molar-refractivity contribution in [3.05, 3.63) is 34.9 Å². The van der Waals surface area contributed by atoms with E-state index in [1.54, 1.807) is 18.2 Å². The van der Waals surface area contributed by atoms with Crippen LogP contribution in [0.2, 0.25) is 5.02 Å². The van der Waals surface area contributed by atoms with Crippen LogP contribution >= 0.6 is 11.6 Å². The molecule has 118 valence electrons. The van der Waals surface area contributed by atoms with Crippen LogP contribution < -0.4 is 0 Å². The van der Waals surface area contributed by atoms with Crippen molar-refractivity contribution < 1.29 is 22.4 Å². The minimum absolute atomic E-state index is 0.152. The van der Waals surface area contributed by atoms with Crippen molar-refractivity contribution in [3.63, 3.8) is 0 Å². The third-order valence-electron chi connectivity index (χ3n) is 3.31. The van der Waals surface area contributed by atoms with Crippen molar-refractivity contribution in [2.75, 3.05) is 12.4 Å². The zero-order chi connectivity index (χ0) is 15.3. The van der Waals surface area contributed by atoms with Gasteiger partial charge in [0.05, 0.1) is 11.9 Å². The molecule has 0 amide bonds. The normalized spacial score (nSPS) is 21.1. The predicted molar refractivity (Wildman–Crippen MR) is 79.9 cm³/mol. The fourth-order valence-corrected chi connectivity index (χ4v) is 2.99. The van der Waals surface area contributed by atoms with E-state index < -0.39 is 16.2 Å². The van der Waals surface area contributed by atoms with E-state index in [0.717, 1.165) is 24.8 Å². The van der Waals surface area contributed by atoms with Crippen molar-refractivity contribution in [2.45, 2.75) is 38.1 Å². The maximum absolute atomic E-state index is 11.0. The lowest BCUT2D eigenvalue weighted by molar-refractivity contribution is -0.190. The van der Waals surface area contributed by atoms with Gasteiger partial charge in [-0.2, -0.15) is 8.42 Å². The standard InChI is InChI=1S/C14H19ClO5S/c15-12-5-3-4-11(10-12)13(7-9-21(16,17)18)20-14-6-1-2-8-19-14/h3-5,10,13-14H,1-2,6-9H2,(H,16,17,18)/t13?,14-/m1/s1. The molecule has 1 aliphatic heterocycles. The van der Waals surface area contributed by atoms with Crippen LogP contribution in [0.25, 0.3) is 0 Å². The first-order chi connectivity index (χ1) is 9.94. The quantitative estimate of drug-likeness (QED) is 0.809. The van der Waals surface area contributed by atoms with E-state index in [9.17, 15) is 8.42 Å². The van der Waals surface area contributed by atoms with Gasteiger partial charge in [-0.25, -0.2) is 0 Å². The van der Waals surface area contributed by atoms with Gasteiger partial charge in [-0.05, 0) is 43.4 Å². The molecule has 2 rings (SSSR count).